The summed E-state index contributed by atoms with van der Waals surface area (Å²) < 4.78 is 7.10. The summed E-state index contributed by atoms with van der Waals surface area (Å²) in [6, 6.07) is 40.9. The van der Waals surface area contributed by atoms with E-state index in [4.69, 9.17) is 0 Å². The maximum Gasteiger partial charge on any atom is 0.0571 e. The molecule has 0 spiro atoms. The average molecular weight is 880 g/mol. The summed E-state index contributed by atoms with van der Waals surface area (Å²) in [5, 5.41) is 3.51. The summed E-state index contributed by atoms with van der Waals surface area (Å²) in [5.74, 6) is 0. The summed E-state index contributed by atoms with van der Waals surface area (Å²) in [4.78, 5) is 8.95. The van der Waals surface area contributed by atoms with E-state index in [2.05, 4.69) is 217 Å². The summed E-state index contributed by atoms with van der Waals surface area (Å²) in [5.41, 5.74) is 24.6. The molecule has 0 fully saturated rings. The van der Waals surface area contributed by atoms with Crippen LogP contribution in [0.25, 0.3) is 114 Å². The Morgan fingerprint density at radius 3 is 1.43 bits per heavy atom. The van der Waals surface area contributed by atoms with Crippen molar-refractivity contribution in [3.8, 4) is 50.4 Å². The zero-order chi connectivity index (χ0) is 46.6. The molecule has 11 rings (SSSR count). The zero-order valence-corrected chi connectivity index (χ0v) is 39.4. The van der Waals surface area contributed by atoms with Gasteiger partial charge in [0.25, 0.3) is 0 Å². The first-order valence-corrected chi connectivity index (χ1v) is 23.6. The molecule has 0 saturated heterocycles. The Morgan fingerprint density at radius 1 is 0.515 bits per heavy atom. The van der Waals surface area contributed by atoms with Crippen LogP contribution in [0.1, 0.15) is 70.7 Å². The summed E-state index contributed by atoms with van der Waals surface area (Å²) in [6.07, 6.45) is 26.8. The van der Waals surface area contributed by atoms with E-state index in [-0.39, 0.29) is 0 Å². The monoisotopic (exact) mass is 879 g/mol. The lowest BCUT2D eigenvalue weighted by Gasteiger charge is -2.18. The maximum atomic E-state index is 4.48. The Bertz CT molecular complexity index is 3610. The highest BCUT2D eigenvalue weighted by atomic mass is 15.0. The van der Waals surface area contributed by atoms with Crippen molar-refractivity contribution in [1.29, 1.82) is 0 Å². The zero-order valence-electron chi connectivity index (χ0n) is 39.4. The second-order valence-corrected chi connectivity index (χ2v) is 17.9. The quantitative estimate of drug-likeness (QED) is 0.137. The molecule has 10 aromatic rings. The molecule has 5 aromatic carbocycles. The SMILES string of the molecule is C=Cc1c(/C=C\C)n(-c2ccc(-c3cc(-c4ccc(-n5c6c(c7ccccc75)CCC=C6)cc4C)cc(-c4ccc(-n5c(/C=C\C)c(C=C)c6cnccc65)cc4C)c3)c(C)c2)c2ccncc12. The van der Waals surface area contributed by atoms with E-state index < -0.39 is 0 Å². The van der Waals surface area contributed by atoms with Crippen LogP contribution in [0.15, 0.2) is 165 Å². The number of hydrogen-bond donors (Lipinski definition) is 0. The predicted octanol–water partition coefficient (Wildman–Crippen LogP) is 16.5. The normalized spacial score (nSPS) is 12.6. The fourth-order valence-corrected chi connectivity index (χ4v) is 10.9. The van der Waals surface area contributed by atoms with E-state index in [0.29, 0.717) is 0 Å². The summed E-state index contributed by atoms with van der Waals surface area (Å²) in [6.45, 7) is 19.2. The molecule has 5 heteroatoms. The topological polar surface area (TPSA) is 40.6 Å². The highest BCUT2D eigenvalue weighted by Crippen LogP contribution is 2.41. The van der Waals surface area contributed by atoms with Crippen molar-refractivity contribution in [1.82, 2.24) is 23.7 Å². The van der Waals surface area contributed by atoms with Crippen molar-refractivity contribution in [2.45, 2.75) is 47.5 Å². The first-order valence-electron chi connectivity index (χ1n) is 23.6. The molecule has 0 atom stereocenters. The number of para-hydroxylation sites is 1. The van der Waals surface area contributed by atoms with Crippen molar-refractivity contribution in [3.05, 3.63) is 216 Å². The number of rotatable bonds is 10. The van der Waals surface area contributed by atoms with Crippen molar-refractivity contribution >= 4 is 63.1 Å². The Kier molecular flexibility index (Phi) is 10.7. The molecule has 5 heterocycles. The second kappa shape index (κ2) is 17.2. The fraction of sp³-hybridized carbons (Fsp3) is 0.111. The van der Waals surface area contributed by atoms with Crippen molar-refractivity contribution in [2.24, 2.45) is 0 Å². The first kappa shape index (κ1) is 42.4. The molecule has 0 amide bonds. The number of fused-ring (bicyclic) bond motifs is 5. The van der Waals surface area contributed by atoms with Gasteiger partial charge in [-0.05, 0) is 194 Å². The van der Waals surface area contributed by atoms with Crippen LogP contribution in [0.5, 0.6) is 0 Å². The van der Waals surface area contributed by atoms with Gasteiger partial charge in [0.15, 0.2) is 0 Å². The standard InChI is InChI=1S/C63H53N5/c1-8-16-58-49(10-3)56-38-64-30-28-62(56)66(58)46-22-25-51(40(5)32-46)43-35-44(52-26-23-47(33-41(52)6)67-59(17-9-2)50(11-4)57-39-65-31-29-63(57)67)37-45(36-43)53-27-24-48(34-42(53)7)68-60-20-14-12-18-54(60)55-19-13-15-21-61(55)68/h8-12,14-18,20-39H,3-4,13,19H2,1-2,5-7H3/b16-8-,17-9-. The van der Waals surface area contributed by atoms with Crippen LogP contribution in [0.2, 0.25) is 0 Å². The lowest BCUT2D eigenvalue weighted by molar-refractivity contribution is 0.967. The van der Waals surface area contributed by atoms with E-state index in [1.54, 1.807) is 0 Å². The Morgan fingerprint density at radius 2 is 0.971 bits per heavy atom. The third-order valence-electron chi connectivity index (χ3n) is 13.9. The van der Waals surface area contributed by atoms with Crippen LogP contribution in [0.3, 0.4) is 0 Å². The number of pyridine rings is 2. The molecule has 1 aliphatic rings. The van der Waals surface area contributed by atoms with Crippen LogP contribution in [0, 0.1) is 20.8 Å². The second-order valence-electron chi connectivity index (χ2n) is 17.9. The van der Waals surface area contributed by atoms with E-state index >= 15 is 0 Å². The van der Waals surface area contributed by atoms with Gasteiger partial charge in [0, 0.05) is 74.8 Å². The summed E-state index contributed by atoms with van der Waals surface area (Å²) in [7, 11) is 0. The molecule has 0 unspecified atom stereocenters. The molecule has 0 N–H and O–H groups in total. The number of aryl methyl sites for hydroxylation is 4. The molecule has 68 heavy (non-hydrogen) atoms. The predicted molar refractivity (Wildman–Crippen MR) is 290 cm³/mol. The molecule has 0 radical (unpaired) electrons. The van der Waals surface area contributed by atoms with E-state index in [1.807, 2.05) is 36.9 Å². The average Bonchev–Trinajstić information content (AvgIpc) is 3.98. The van der Waals surface area contributed by atoms with E-state index in [1.165, 1.54) is 77.9 Å². The smallest absolute Gasteiger partial charge is 0.0571 e. The third-order valence-corrected chi connectivity index (χ3v) is 13.9. The Hall–Kier alpha value is -8.28. The largest absolute Gasteiger partial charge is 0.310 e. The molecule has 0 bridgehead atoms. The van der Waals surface area contributed by atoms with Gasteiger partial charge >= 0.3 is 0 Å². The molecule has 1 aliphatic carbocycles. The van der Waals surface area contributed by atoms with Crippen molar-refractivity contribution in [3.63, 3.8) is 0 Å². The lowest BCUT2D eigenvalue weighted by atomic mass is 9.89. The Labute approximate surface area is 398 Å². The highest BCUT2D eigenvalue weighted by Gasteiger charge is 2.21. The lowest BCUT2D eigenvalue weighted by Crippen LogP contribution is -2.01. The first-order chi connectivity index (χ1) is 33.3. The van der Waals surface area contributed by atoms with Crippen LogP contribution >= 0.6 is 0 Å². The minimum Gasteiger partial charge on any atom is -0.310 e. The van der Waals surface area contributed by atoms with Gasteiger partial charge in [0.2, 0.25) is 0 Å². The fourth-order valence-electron chi connectivity index (χ4n) is 10.9. The number of aromatic nitrogens is 5. The van der Waals surface area contributed by atoms with Crippen molar-refractivity contribution in [2.75, 3.05) is 0 Å². The van der Waals surface area contributed by atoms with Crippen LogP contribution in [0.4, 0.5) is 0 Å². The number of allylic oxidation sites excluding steroid dienone is 3. The Balaban J connectivity index is 1.08. The van der Waals surface area contributed by atoms with E-state index in [9.17, 15) is 0 Å². The van der Waals surface area contributed by atoms with Gasteiger partial charge in [-0.25, -0.2) is 0 Å². The molecular formula is C63H53N5. The number of benzene rings is 5. The minimum atomic E-state index is 1.06. The van der Waals surface area contributed by atoms with Crippen LogP contribution in [-0.2, 0) is 6.42 Å². The molecular weight excluding hydrogens is 827 g/mol. The number of hydrogen-bond acceptors (Lipinski definition) is 2. The van der Waals surface area contributed by atoms with Gasteiger partial charge in [-0.2, -0.15) is 0 Å². The summed E-state index contributed by atoms with van der Waals surface area (Å²) >= 11 is 0. The molecule has 5 nitrogen and oxygen atoms in total. The molecule has 0 saturated carbocycles. The van der Waals surface area contributed by atoms with Crippen molar-refractivity contribution < 1.29 is 0 Å². The van der Waals surface area contributed by atoms with Crippen LogP contribution in [-0.4, -0.2) is 23.7 Å². The van der Waals surface area contributed by atoms with Gasteiger partial charge in [0.1, 0.15) is 0 Å². The molecule has 0 aliphatic heterocycles. The van der Waals surface area contributed by atoms with Gasteiger partial charge in [-0.3, -0.25) is 9.97 Å². The number of nitrogens with zero attached hydrogens (tertiary/aromatic N) is 5. The molecule has 330 valence electrons. The highest BCUT2D eigenvalue weighted by molar-refractivity contribution is 5.97. The molecule has 5 aromatic heterocycles. The van der Waals surface area contributed by atoms with Gasteiger partial charge in [-0.15, -0.1) is 0 Å². The van der Waals surface area contributed by atoms with Gasteiger partial charge in [-0.1, -0.05) is 79.9 Å². The van der Waals surface area contributed by atoms with Gasteiger partial charge < -0.3 is 13.7 Å². The van der Waals surface area contributed by atoms with E-state index in [0.717, 1.165) is 68.5 Å². The minimum absolute atomic E-state index is 1.06. The van der Waals surface area contributed by atoms with Crippen LogP contribution < -0.4 is 0 Å². The maximum absolute atomic E-state index is 4.48. The van der Waals surface area contributed by atoms with Gasteiger partial charge in [0.05, 0.1) is 27.9 Å². The third kappa shape index (κ3) is 6.84.